The number of hydrogen-bond acceptors (Lipinski definition) is 4. The normalized spacial score (nSPS) is 23.1. The highest BCUT2D eigenvalue weighted by Crippen LogP contribution is 2.41. The third kappa shape index (κ3) is 3.58. The van der Waals surface area contributed by atoms with Crippen molar-refractivity contribution in [2.75, 3.05) is 9.96 Å². The highest BCUT2D eigenvalue weighted by Gasteiger charge is 2.59. The number of carbonyl (C=O) groups excluding carboxylic acids is 2. The number of halogens is 1. The summed E-state index contributed by atoms with van der Waals surface area (Å²) in [6.07, 6.45) is 3.05. The van der Waals surface area contributed by atoms with E-state index >= 15 is 0 Å². The molecule has 3 aromatic rings. The van der Waals surface area contributed by atoms with Gasteiger partial charge in [-0.25, -0.2) is 9.96 Å². The summed E-state index contributed by atoms with van der Waals surface area (Å²) >= 11 is 3.39. The summed E-state index contributed by atoms with van der Waals surface area (Å²) < 4.78 is 0.880. The molecule has 0 aliphatic carbocycles. The van der Waals surface area contributed by atoms with Crippen LogP contribution in [0.2, 0.25) is 0 Å². The summed E-state index contributed by atoms with van der Waals surface area (Å²) in [4.78, 5) is 34.0. The van der Waals surface area contributed by atoms with Gasteiger partial charge in [0.25, 0.3) is 5.91 Å². The van der Waals surface area contributed by atoms with Crippen LogP contribution in [0.1, 0.15) is 5.56 Å². The van der Waals surface area contributed by atoms with E-state index in [2.05, 4.69) is 15.9 Å². The number of nitrogens with zero attached hydrogens (tertiary/aromatic N) is 2. The van der Waals surface area contributed by atoms with Crippen molar-refractivity contribution in [3.63, 3.8) is 0 Å². The fourth-order valence-electron chi connectivity index (χ4n) is 4.07. The fourth-order valence-corrected chi connectivity index (χ4v) is 4.33. The maximum atomic E-state index is 13.4. The van der Waals surface area contributed by atoms with Crippen LogP contribution in [0.15, 0.2) is 95.5 Å². The minimum atomic E-state index is -0.859. The monoisotopic (exact) mass is 474 g/mol. The topological polar surface area (TPSA) is 49.9 Å². The lowest BCUT2D eigenvalue weighted by atomic mass is 9.95. The van der Waals surface area contributed by atoms with Crippen LogP contribution in [-0.2, 0) is 14.4 Å². The SMILES string of the molecule is O=C1[C@@H]2[C@@H](/C=C/c3ccccc3)N(c3ccccc3)O[C@H]2C(=O)N1c1ccc(Br)cc1. The van der Waals surface area contributed by atoms with Crippen LogP contribution in [0.4, 0.5) is 11.4 Å². The molecule has 0 unspecified atom stereocenters. The Hall–Kier alpha value is -3.22. The van der Waals surface area contributed by atoms with E-state index in [9.17, 15) is 9.59 Å². The molecule has 2 amide bonds. The zero-order valence-electron chi connectivity index (χ0n) is 16.5. The van der Waals surface area contributed by atoms with Gasteiger partial charge < -0.3 is 0 Å². The number of hydrogen-bond donors (Lipinski definition) is 0. The average Bonchev–Trinajstić information content (AvgIpc) is 3.30. The van der Waals surface area contributed by atoms with Gasteiger partial charge in [-0.15, -0.1) is 0 Å². The van der Waals surface area contributed by atoms with Crippen LogP contribution in [0.5, 0.6) is 0 Å². The molecule has 0 N–H and O–H groups in total. The summed E-state index contributed by atoms with van der Waals surface area (Å²) in [6, 6.07) is 26.1. The number of imide groups is 1. The molecule has 5 nitrogen and oxygen atoms in total. The Morgan fingerprint density at radius 1 is 0.774 bits per heavy atom. The van der Waals surface area contributed by atoms with Gasteiger partial charge >= 0.3 is 0 Å². The number of anilines is 2. The van der Waals surface area contributed by atoms with Crippen LogP contribution < -0.4 is 9.96 Å². The number of rotatable bonds is 4. The molecule has 0 radical (unpaired) electrons. The number of amides is 2. The second-order valence-corrected chi connectivity index (χ2v) is 8.38. The average molecular weight is 475 g/mol. The summed E-state index contributed by atoms with van der Waals surface area (Å²) in [6.45, 7) is 0. The van der Waals surface area contributed by atoms with Crippen molar-refractivity contribution in [3.05, 3.63) is 101 Å². The van der Waals surface area contributed by atoms with E-state index in [0.717, 1.165) is 15.7 Å². The van der Waals surface area contributed by atoms with Gasteiger partial charge in [-0.2, -0.15) is 0 Å². The Morgan fingerprint density at radius 3 is 2.10 bits per heavy atom. The van der Waals surface area contributed by atoms with Crippen molar-refractivity contribution in [1.29, 1.82) is 0 Å². The standard InChI is InChI=1S/C25H19BrN2O3/c26-18-12-14-19(15-13-18)27-24(29)22-21(16-11-17-7-3-1-4-8-17)28(31-23(22)25(27)30)20-9-5-2-6-10-20/h1-16,21-23H/b16-11+/t21-,22-,23-/m1/s1. The second kappa shape index (κ2) is 8.13. The number of fused-ring (bicyclic) bond motifs is 1. The molecule has 2 heterocycles. The molecule has 3 aromatic carbocycles. The third-order valence-corrected chi connectivity index (χ3v) is 6.07. The molecule has 0 aromatic heterocycles. The van der Waals surface area contributed by atoms with E-state index in [1.54, 1.807) is 17.2 Å². The van der Waals surface area contributed by atoms with Crippen LogP contribution in [0.25, 0.3) is 6.08 Å². The van der Waals surface area contributed by atoms with Crippen LogP contribution >= 0.6 is 15.9 Å². The number of carbonyl (C=O) groups is 2. The Bertz CT molecular complexity index is 1130. The van der Waals surface area contributed by atoms with E-state index in [1.807, 2.05) is 84.9 Å². The molecule has 2 fully saturated rings. The lowest BCUT2D eigenvalue weighted by molar-refractivity contribution is -0.126. The van der Waals surface area contributed by atoms with Gasteiger partial charge in [0.1, 0.15) is 5.92 Å². The minimum Gasteiger partial charge on any atom is -0.273 e. The largest absolute Gasteiger partial charge is 0.273 e. The molecule has 2 aliphatic rings. The molecule has 5 rings (SSSR count). The highest BCUT2D eigenvalue weighted by molar-refractivity contribution is 9.10. The van der Waals surface area contributed by atoms with Gasteiger partial charge in [-0.3, -0.25) is 14.4 Å². The summed E-state index contributed by atoms with van der Waals surface area (Å²) in [7, 11) is 0. The number of benzene rings is 3. The van der Waals surface area contributed by atoms with E-state index in [-0.39, 0.29) is 11.8 Å². The van der Waals surface area contributed by atoms with Crippen molar-refractivity contribution in [2.45, 2.75) is 12.1 Å². The lowest BCUT2D eigenvalue weighted by Crippen LogP contribution is -2.39. The Morgan fingerprint density at radius 2 is 1.42 bits per heavy atom. The first-order valence-corrected chi connectivity index (χ1v) is 10.8. The number of hydroxylamine groups is 1. The molecule has 0 bridgehead atoms. The number of para-hydroxylation sites is 1. The maximum absolute atomic E-state index is 13.4. The molecule has 6 heteroatoms. The zero-order valence-corrected chi connectivity index (χ0v) is 18.1. The minimum absolute atomic E-state index is 0.251. The lowest BCUT2D eigenvalue weighted by Gasteiger charge is -2.26. The van der Waals surface area contributed by atoms with Gasteiger partial charge in [0, 0.05) is 4.47 Å². The van der Waals surface area contributed by atoms with Crippen LogP contribution in [0.3, 0.4) is 0 Å². The third-order valence-electron chi connectivity index (χ3n) is 5.54. The Balaban J connectivity index is 1.52. The van der Waals surface area contributed by atoms with Crippen LogP contribution in [0, 0.1) is 5.92 Å². The smallest absolute Gasteiger partial charge is 0.266 e. The van der Waals surface area contributed by atoms with Crippen molar-refractivity contribution in [1.82, 2.24) is 0 Å². The molecular weight excluding hydrogens is 456 g/mol. The van der Waals surface area contributed by atoms with Gasteiger partial charge in [0.05, 0.1) is 17.4 Å². The molecule has 0 spiro atoms. The first kappa shape index (κ1) is 19.7. The Labute approximate surface area is 188 Å². The summed E-state index contributed by atoms with van der Waals surface area (Å²) in [5, 5.41) is 1.68. The first-order valence-electron chi connectivity index (χ1n) is 10.0. The van der Waals surface area contributed by atoms with E-state index in [4.69, 9.17) is 4.84 Å². The van der Waals surface area contributed by atoms with Crippen molar-refractivity contribution < 1.29 is 14.4 Å². The maximum Gasteiger partial charge on any atom is 0.266 e. The van der Waals surface area contributed by atoms with Gasteiger partial charge in [0.15, 0.2) is 6.10 Å². The summed E-state index contributed by atoms with van der Waals surface area (Å²) in [5.74, 6) is -1.22. The predicted molar refractivity (Wildman–Crippen MR) is 123 cm³/mol. The summed E-state index contributed by atoms with van der Waals surface area (Å²) in [5.41, 5.74) is 2.36. The molecule has 2 aliphatic heterocycles. The molecule has 3 atom stereocenters. The quantitative estimate of drug-likeness (QED) is 0.507. The fraction of sp³-hybridized carbons (Fsp3) is 0.120. The van der Waals surface area contributed by atoms with Gasteiger partial charge in [0.2, 0.25) is 5.91 Å². The Kier molecular flexibility index (Phi) is 5.18. The molecule has 31 heavy (non-hydrogen) atoms. The predicted octanol–water partition coefficient (Wildman–Crippen LogP) is 4.84. The second-order valence-electron chi connectivity index (χ2n) is 7.46. The molecule has 154 valence electrons. The van der Waals surface area contributed by atoms with E-state index in [0.29, 0.717) is 5.69 Å². The highest BCUT2D eigenvalue weighted by atomic mass is 79.9. The molecule has 0 saturated carbocycles. The van der Waals surface area contributed by atoms with Crippen molar-refractivity contribution in [2.24, 2.45) is 5.92 Å². The van der Waals surface area contributed by atoms with Gasteiger partial charge in [-0.1, -0.05) is 76.6 Å². The van der Waals surface area contributed by atoms with E-state index < -0.39 is 18.1 Å². The van der Waals surface area contributed by atoms with E-state index in [1.165, 1.54) is 4.90 Å². The zero-order chi connectivity index (χ0) is 21.4. The van der Waals surface area contributed by atoms with Crippen molar-refractivity contribution in [3.8, 4) is 0 Å². The first-order chi connectivity index (χ1) is 15.1. The van der Waals surface area contributed by atoms with Gasteiger partial charge in [-0.05, 0) is 42.0 Å². The van der Waals surface area contributed by atoms with Crippen LogP contribution in [-0.4, -0.2) is 24.0 Å². The van der Waals surface area contributed by atoms with Crippen molar-refractivity contribution >= 4 is 45.2 Å². The molecular formula is C25H19BrN2O3. The molecule has 2 saturated heterocycles.